The number of aromatic nitrogens is 4. The highest BCUT2D eigenvalue weighted by Gasteiger charge is 2.17. The number of carbonyl (C=O) groups excluding carboxylic acids is 2. The number of rotatable bonds is 35. The summed E-state index contributed by atoms with van der Waals surface area (Å²) in [6, 6.07) is 49.0. The lowest BCUT2D eigenvalue weighted by atomic mass is 10.0. The number of hydrogen-bond donors (Lipinski definition) is 3. The van der Waals surface area contributed by atoms with Crippen LogP contribution in [0.3, 0.4) is 0 Å². The van der Waals surface area contributed by atoms with Gasteiger partial charge in [-0.15, -0.1) is 0 Å². The number of unbranched alkanes of at least 4 members (excludes halogenated alkanes) is 4. The molecule has 77 heavy (non-hydrogen) atoms. The Morgan fingerprint density at radius 3 is 1.49 bits per heavy atom. The summed E-state index contributed by atoms with van der Waals surface area (Å²) in [6.45, 7) is 11.3. The van der Waals surface area contributed by atoms with Crippen LogP contribution in [0, 0.1) is 0 Å². The predicted octanol–water partition coefficient (Wildman–Crippen LogP) is 11.6. The Kier molecular flexibility index (Phi) is 24.7. The van der Waals surface area contributed by atoms with Gasteiger partial charge in [0.15, 0.2) is 0 Å². The summed E-state index contributed by atoms with van der Waals surface area (Å²) in [5, 5.41) is 9.49. The summed E-state index contributed by atoms with van der Waals surface area (Å²) >= 11 is 0. The third-order valence-corrected chi connectivity index (χ3v) is 12.7. The number of benzene rings is 3. The van der Waals surface area contributed by atoms with E-state index in [0.29, 0.717) is 96.8 Å². The van der Waals surface area contributed by atoms with Gasteiger partial charge >= 0.3 is 0 Å². The van der Waals surface area contributed by atoms with E-state index in [0.717, 1.165) is 91.3 Å². The van der Waals surface area contributed by atoms with Crippen molar-refractivity contribution in [2.75, 3.05) is 50.2 Å². The standard InChI is InChI=1S/C63H77N9O5/c1-3-5-8-26-62(73)69-60-24-16-22-57(67-60)48-71(46-55-20-12-14-32-65-55)44-51-40-52(45-72(47-56-21-13-15-33-66-56)49-58-23-17-25-61(68-58)70-63(74)27-9-6-4-2)42-59(41-51)77-39-38-76-37-36-75-35-34-64-43-50-28-30-54(31-29-50)53-18-10-7-11-19-53/h7,10-25,28-33,40-42,64H,3-6,8-9,26-27,34-39,43-49H2,1-2H3,(H,67,69,73)(H,68,70,74). The Morgan fingerprint density at radius 2 is 0.961 bits per heavy atom. The summed E-state index contributed by atoms with van der Waals surface area (Å²) in [5.41, 5.74) is 9.26. The normalized spacial score (nSPS) is 11.3. The van der Waals surface area contributed by atoms with Crippen LogP contribution in [-0.2, 0) is 64.9 Å². The lowest BCUT2D eigenvalue weighted by Crippen LogP contribution is -2.25. The Hall–Kier alpha value is -7.20. The number of ether oxygens (including phenoxy) is 3. The van der Waals surface area contributed by atoms with Gasteiger partial charge in [0.1, 0.15) is 24.0 Å². The Labute approximate surface area is 456 Å². The number of pyridine rings is 4. The van der Waals surface area contributed by atoms with E-state index in [1.165, 1.54) is 16.7 Å². The van der Waals surface area contributed by atoms with Gasteiger partial charge in [-0.2, -0.15) is 0 Å². The van der Waals surface area contributed by atoms with Crippen molar-refractivity contribution in [3.63, 3.8) is 0 Å². The monoisotopic (exact) mass is 1040 g/mol. The van der Waals surface area contributed by atoms with E-state index >= 15 is 0 Å². The van der Waals surface area contributed by atoms with Crippen LogP contribution in [-0.4, -0.2) is 81.1 Å². The van der Waals surface area contributed by atoms with E-state index < -0.39 is 0 Å². The number of hydrogen-bond acceptors (Lipinski definition) is 12. The molecule has 0 saturated carbocycles. The largest absolute Gasteiger partial charge is 0.491 e. The average Bonchev–Trinajstić information content (AvgIpc) is 3.43. The molecule has 0 saturated heterocycles. The van der Waals surface area contributed by atoms with Gasteiger partial charge < -0.3 is 30.2 Å². The minimum atomic E-state index is -0.0252. The molecule has 14 heteroatoms. The van der Waals surface area contributed by atoms with Gasteiger partial charge in [-0.1, -0.05) is 124 Å². The van der Waals surface area contributed by atoms with Crippen molar-refractivity contribution in [1.29, 1.82) is 0 Å². The minimum absolute atomic E-state index is 0.0252. The molecule has 3 N–H and O–H groups in total. The quantitative estimate of drug-likeness (QED) is 0.0324. The molecule has 0 bridgehead atoms. The third kappa shape index (κ3) is 21.8. The van der Waals surface area contributed by atoms with Crippen LogP contribution in [0.1, 0.15) is 105 Å². The van der Waals surface area contributed by atoms with Crippen LogP contribution in [0.5, 0.6) is 5.75 Å². The maximum absolute atomic E-state index is 12.8. The van der Waals surface area contributed by atoms with Gasteiger partial charge in [-0.25, -0.2) is 9.97 Å². The van der Waals surface area contributed by atoms with E-state index in [1.54, 1.807) is 0 Å². The molecular formula is C63H77N9O5. The Morgan fingerprint density at radius 1 is 0.468 bits per heavy atom. The highest BCUT2D eigenvalue weighted by Crippen LogP contribution is 2.24. The van der Waals surface area contributed by atoms with Crippen molar-refractivity contribution in [3.05, 3.63) is 197 Å². The van der Waals surface area contributed by atoms with Gasteiger partial charge in [0.05, 0.1) is 49.2 Å². The molecule has 14 nitrogen and oxygen atoms in total. The van der Waals surface area contributed by atoms with Gasteiger partial charge in [-0.05, 0) is 101 Å². The summed E-state index contributed by atoms with van der Waals surface area (Å²) < 4.78 is 18.4. The second-order valence-corrected chi connectivity index (χ2v) is 19.3. The zero-order valence-corrected chi connectivity index (χ0v) is 45.1. The fourth-order valence-corrected chi connectivity index (χ4v) is 8.87. The molecule has 0 aliphatic carbocycles. The Bertz CT molecular complexity index is 2650. The van der Waals surface area contributed by atoms with Crippen LogP contribution >= 0.6 is 0 Å². The lowest BCUT2D eigenvalue weighted by molar-refractivity contribution is -0.117. The van der Waals surface area contributed by atoms with Crippen LogP contribution < -0.4 is 20.7 Å². The number of nitrogens with one attached hydrogen (secondary N) is 3. The molecule has 7 rings (SSSR count). The highest BCUT2D eigenvalue weighted by atomic mass is 16.5. The smallest absolute Gasteiger partial charge is 0.225 e. The molecule has 0 unspecified atom stereocenters. The van der Waals surface area contributed by atoms with Crippen molar-refractivity contribution in [2.45, 2.75) is 111 Å². The van der Waals surface area contributed by atoms with Gasteiger partial charge in [-0.3, -0.25) is 29.4 Å². The van der Waals surface area contributed by atoms with Crippen molar-refractivity contribution in [1.82, 2.24) is 35.1 Å². The molecule has 0 fully saturated rings. The zero-order valence-electron chi connectivity index (χ0n) is 45.1. The molecule has 0 aliphatic rings. The van der Waals surface area contributed by atoms with E-state index in [1.807, 2.05) is 91.3 Å². The third-order valence-electron chi connectivity index (χ3n) is 12.7. The molecule has 0 radical (unpaired) electrons. The first kappa shape index (κ1) is 57.5. The summed E-state index contributed by atoms with van der Waals surface area (Å²) in [6.07, 6.45) is 10.4. The molecule has 4 heterocycles. The maximum Gasteiger partial charge on any atom is 0.225 e. The second-order valence-electron chi connectivity index (χ2n) is 19.3. The number of nitrogens with zero attached hydrogens (tertiary/aromatic N) is 6. The first-order valence-electron chi connectivity index (χ1n) is 27.4. The molecule has 0 spiro atoms. The van der Waals surface area contributed by atoms with E-state index in [2.05, 4.69) is 116 Å². The maximum atomic E-state index is 12.8. The Balaban J connectivity index is 1.01. The predicted molar refractivity (Wildman–Crippen MR) is 306 cm³/mol. The van der Waals surface area contributed by atoms with Gasteiger partial charge in [0, 0.05) is 77.6 Å². The molecule has 404 valence electrons. The topological polar surface area (TPSA) is 156 Å². The molecule has 4 aromatic heterocycles. The molecule has 3 aromatic carbocycles. The molecule has 2 amide bonds. The first-order chi connectivity index (χ1) is 37.9. The summed E-state index contributed by atoms with van der Waals surface area (Å²) in [4.78, 5) is 49.3. The summed E-state index contributed by atoms with van der Waals surface area (Å²) in [7, 11) is 0. The number of anilines is 2. The molecule has 0 atom stereocenters. The SMILES string of the molecule is CCCCCC(=O)Nc1cccc(CN(Cc2cc(CN(Cc3ccccn3)Cc3cccc(NC(=O)CCCCC)n3)cc(OCCOCCOCCNCc3ccc(-c4ccccc4)cc3)c2)Cc2ccccn2)n1. The zero-order chi connectivity index (χ0) is 53.5. The highest BCUT2D eigenvalue weighted by molar-refractivity contribution is 5.90. The van der Waals surface area contributed by atoms with Gasteiger partial charge in [0.2, 0.25) is 11.8 Å². The van der Waals surface area contributed by atoms with E-state index in [4.69, 9.17) is 24.2 Å². The molecular weight excluding hydrogens is 963 g/mol. The van der Waals surface area contributed by atoms with Gasteiger partial charge in [0.25, 0.3) is 0 Å². The summed E-state index contributed by atoms with van der Waals surface area (Å²) in [5.74, 6) is 1.77. The molecule has 0 aliphatic heterocycles. The van der Waals surface area contributed by atoms with Crippen LogP contribution in [0.4, 0.5) is 11.6 Å². The van der Waals surface area contributed by atoms with Crippen molar-refractivity contribution in [2.24, 2.45) is 0 Å². The van der Waals surface area contributed by atoms with Crippen molar-refractivity contribution < 1.29 is 23.8 Å². The van der Waals surface area contributed by atoms with Crippen molar-refractivity contribution >= 4 is 23.5 Å². The number of amides is 2. The fraction of sp³-hybridized carbons (Fsp3) is 0.365. The molecule has 7 aromatic rings. The van der Waals surface area contributed by atoms with Crippen LogP contribution in [0.2, 0.25) is 0 Å². The lowest BCUT2D eigenvalue weighted by Gasteiger charge is -2.25. The van der Waals surface area contributed by atoms with Crippen LogP contribution in [0.15, 0.2) is 158 Å². The first-order valence-corrected chi connectivity index (χ1v) is 27.4. The second kappa shape index (κ2) is 33.1. The van der Waals surface area contributed by atoms with E-state index in [9.17, 15) is 9.59 Å². The van der Waals surface area contributed by atoms with Crippen LogP contribution in [0.25, 0.3) is 11.1 Å². The van der Waals surface area contributed by atoms with E-state index in [-0.39, 0.29) is 11.8 Å². The minimum Gasteiger partial charge on any atom is -0.491 e. The number of carbonyl (C=O) groups is 2. The fourth-order valence-electron chi connectivity index (χ4n) is 8.87. The average molecular weight is 1040 g/mol. The van der Waals surface area contributed by atoms with Crippen molar-refractivity contribution in [3.8, 4) is 16.9 Å².